The summed E-state index contributed by atoms with van der Waals surface area (Å²) < 4.78 is 11.1. The third-order valence-electron chi connectivity index (χ3n) is 3.08. The summed E-state index contributed by atoms with van der Waals surface area (Å²) in [6.45, 7) is 4.75. The molecule has 0 spiro atoms. The van der Waals surface area contributed by atoms with E-state index in [1.165, 1.54) is 12.8 Å². The lowest BCUT2D eigenvalue weighted by Crippen LogP contribution is -2.28. The highest BCUT2D eigenvalue weighted by molar-refractivity contribution is 5.44. The van der Waals surface area contributed by atoms with Crippen LogP contribution in [0.25, 0.3) is 0 Å². The lowest BCUT2D eigenvalue weighted by Gasteiger charge is -2.21. The van der Waals surface area contributed by atoms with Crippen LogP contribution in [0.4, 0.5) is 0 Å². The van der Waals surface area contributed by atoms with Crippen molar-refractivity contribution >= 4 is 0 Å². The van der Waals surface area contributed by atoms with Crippen LogP contribution in [0.15, 0.2) is 18.2 Å². The van der Waals surface area contributed by atoms with Crippen molar-refractivity contribution in [2.24, 2.45) is 11.7 Å². The fourth-order valence-corrected chi connectivity index (χ4v) is 1.68. The molecule has 1 aromatic carbocycles. The summed E-state index contributed by atoms with van der Waals surface area (Å²) in [4.78, 5) is 0. The summed E-state index contributed by atoms with van der Waals surface area (Å²) in [6, 6.07) is 5.90. The molecule has 0 aromatic heterocycles. The van der Waals surface area contributed by atoms with Gasteiger partial charge in [0.15, 0.2) is 11.5 Å². The first-order valence-electron chi connectivity index (χ1n) is 6.11. The molecule has 0 unspecified atom stereocenters. The number of benzene rings is 1. The topological polar surface area (TPSA) is 44.5 Å². The zero-order valence-corrected chi connectivity index (χ0v) is 10.8. The van der Waals surface area contributed by atoms with Crippen LogP contribution in [0, 0.1) is 5.92 Å². The van der Waals surface area contributed by atoms with Crippen LogP contribution >= 0.6 is 0 Å². The summed E-state index contributed by atoms with van der Waals surface area (Å²) >= 11 is 0. The van der Waals surface area contributed by atoms with Crippen molar-refractivity contribution in [3.63, 3.8) is 0 Å². The molecule has 0 aliphatic heterocycles. The third kappa shape index (κ3) is 3.13. The van der Waals surface area contributed by atoms with Gasteiger partial charge in [-0.25, -0.2) is 0 Å². The van der Waals surface area contributed by atoms with Gasteiger partial charge in [-0.15, -0.1) is 0 Å². The Bertz CT molecular complexity index is 392. The molecule has 1 saturated carbocycles. The minimum absolute atomic E-state index is 0.357. The lowest BCUT2D eigenvalue weighted by atomic mass is 9.95. The Kier molecular flexibility index (Phi) is 3.29. The average Bonchev–Trinajstić information content (AvgIpc) is 3.08. The Morgan fingerprint density at radius 2 is 2.00 bits per heavy atom. The van der Waals surface area contributed by atoms with Crippen LogP contribution in [0.5, 0.6) is 11.5 Å². The molecule has 2 rings (SSSR count). The van der Waals surface area contributed by atoms with Crippen LogP contribution in [0.2, 0.25) is 0 Å². The highest BCUT2D eigenvalue weighted by Crippen LogP contribution is 2.34. The minimum atomic E-state index is -0.357. The Morgan fingerprint density at radius 3 is 2.53 bits per heavy atom. The van der Waals surface area contributed by atoms with Gasteiger partial charge in [-0.2, -0.15) is 0 Å². The van der Waals surface area contributed by atoms with Crippen molar-refractivity contribution in [1.29, 1.82) is 0 Å². The Labute approximate surface area is 103 Å². The molecule has 0 bridgehead atoms. The molecule has 0 radical (unpaired) electrons. The molecular formula is C14H21NO2. The number of hydrogen-bond acceptors (Lipinski definition) is 3. The third-order valence-corrected chi connectivity index (χ3v) is 3.08. The van der Waals surface area contributed by atoms with Gasteiger partial charge in [-0.3, -0.25) is 0 Å². The van der Waals surface area contributed by atoms with E-state index >= 15 is 0 Å². The smallest absolute Gasteiger partial charge is 0.161 e. The average molecular weight is 235 g/mol. The molecule has 3 heteroatoms. The Balaban J connectivity index is 2.18. The molecule has 0 amide bonds. The molecule has 1 aliphatic rings. The molecule has 0 saturated heterocycles. The second-order valence-corrected chi connectivity index (χ2v) is 5.34. The van der Waals surface area contributed by atoms with Crippen LogP contribution in [0.1, 0.15) is 32.3 Å². The fraction of sp³-hybridized carbons (Fsp3) is 0.571. The maximum atomic E-state index is 6.09. The normalized spacial score (nSPS) is 15.8. The number of hydrogen-bond donors (Lipinski definition) is 1. The quantitative estimate of drug-likeness (QED) is 0.853. The number of ether oxygens (including phenoxy) is 2. The van der Waals surface area contributed by atoms with Gasteiger partial charge in [0.25, 0.3) is 0 Å². The van der Waals surface area contributed by atoms with Crippen molar-refractivity contribution < 1.29 is 9.47 Å². The van der Waals surface area contributed by atoms with Crippen molar-refractivity contribution in [3.8, 4) is 11.5 Å². The van der Waals surface area contributed by atoms with Gasteiger partial charge in [0.05, 0.1) is 13.7 Å². The van der Waals surface area contributed by atoms with E-state index in [9.17, 15) is 0 Å². The van der Waals surface area contributed by atoms with E-state index in [0.717, 1.165) is 29.6 Å². The predicted octanol–water partition coefficient (Wildman–Crippen LogP) is 2.68. The van der Waals surface area contributed by atoms with Crippen LogP contribution in [-0.2, 0) is 5.54 Å². The van der Waals surface area contributed by atoms with Crippen molar-refractivity contribution in [3.05, 3.63) is 23.8 Å². The molecule has 2 N–H and O–H groups in total. The molecule has 1 fully saturated rings. The number of methoxy groups -OCH3 is 1. The molecule has 0 heterocycles. The van der Waals surface area contributed by atoms with Gasteiger partial charge < -0.3 is 15.2 Å². The van der Waals surface area contributed by atoms with Crippen LogP contribution in [-0.4, -0.2) is 13.7 Å². The maximum Gasteiger partial charge on any atom is 0.161 e. The second-order valence-electron chi connectivity index (χ2n) is 5.34. The fourth-order valence-electron chi connectivity index (χ4n) is 1.68. The van der Waals surface area contributed by atoms with Crippen molar-refractivity contribution in [2.45, 2.75) is 32.2 Å². The molecule has 0 atom stereocenters. The van der Waals surface area contributed by atoms with Crippen molar-refractivity contribution in [1.82, 2.24) is 0 Å². The van der Waals surface area contributed by atoms with Crippen LogP contribution in [0.3, 0.4) is 0 Å². The first-order chi connectivity index (χ1) is 8.00. The van der Waals surface area contributed by atoms with E-state index in [4.69, 9.17) is 15.2 Å². The van der Waals surface area contributed by atoms with Gasteiger partial charge in [0.1, 0.15) is 0 Å². The monoisotopic (exact) mass is 235 g/mol. The molecule has 1 aliphatic carbocycles. The standard InChI is InChI=1S/C14H21NO2/c1-14(2,15)11-6-7-12(16-3)13(8-11)17-9-10-4-5-10/h6-8,10H,4-5,9,15H2,1-3H3. The zero-order chi connectivity index (χ0) is 12.5. The highest BCUT2D eigenvalue weighted by atomic mass is 16.5. The summed E-state index contributed by atoms with van der Waals surface area (Å²) in [5.74, 6) is 2.31. The number of rotatable bonds is 5. The molecule has 3 nitrogen and oxygen atoms in total. The maximum absolute atomic E-state index is 6.09. The van der Waals surface area contributed by atoms with E-state index in [-0.39, 0.29) is 5.54 Å². The van der Waals surface area contributed by atoms with Gasteiger partial charge in [0.2, 0.25) is 0 Å². The highest BCUT2D eigenvalue weighted by Gasteiger charge is 2.23. The van der Waals surface area contributed by atoms with E-state index in [0.29, 0.717) is 0 Å². The lowest BCUT2D eigenvalue weighted by molar-refractivity contribution is 0.279. The zero-order valence-electron chi connectivity index (χ0n) is 10.8. The SMILES string of the molecule is COc1ccc(C(C)(C)N)cc1OCC1CC1. The van der Waals surface area contributed by atoms with Gasteiger partial charge in [-0.1, -0.05) is 6.07 Å². The van der Waals surface area contributed by atoms with E-state index in [1.54, 1.807) is 7.11 Å². The predicted molar refractivity (Wildman–Crippen MR) is 68.4 cm³/mol. The largest absolute Gasteiger partial charge is 0.493 e. The minimum Gasteiger partial charge on any atom is -0.493 e. The summed E-state index contributed by atoms with van der Waals surface area (Å²) in [5.41, 5.74) is 6.79. The van der Waals surface area contributed by atoms with Crippen LogP contribution < -0.4 is 15.2 Å². The Hall–Kier alpha value is -1.22. The second kappa shape index (κ2) is 4.57. The van der Waals surface area contributed by atoms with E-state index in [2.05, 4.69) is 0 Å². The Morgan fingerprint density at radius 1 is 1.29 bits per heavy atom. The van der Waals surface area contributed by atoms with Gasteiger partial charge in [-0.05, 0) is 50.3 Å². The van der Waals surface area contributed by atoms with Crippen molar-refractivity contribution in [2.75, 3.05) is 13.7 Å². The summed E-state index contributed by atoms with van der Waals surface area (Å²) in [6.07, 6.45) is 2.56. The molecule has 94 valence electrons. The van der Waals surface area contributed by atoms with E-state index < -0.39 is 0 Å². The molecule has 1 aromatic rings. The summed E-state index contributed by atoms with van der Waals surface area (Å²) in [5, 5.41) is 0. The van der Waals surface area contributed by atoms with Gasteiger partial charge >= 0.3 is 0 Å². The van der Waals surface area contributed by atoms with Gasteiger partial charge in [0, 0.05) is 5.54 Å². The number of nitrogens with two attached hydrogens (primary N) is 1. The molecular weight excluding hydrogens is 214 g/mol. The first kappa shape index (κ1) is 12.2. The van der Waals surface area contributed by atoms with E-state index in [1.807, 2.05) is 32.0 Å². The first-order valence-corrected chi connectivity index (χ1v) is 6.11. The summed E-state index contributed by atoms with van der Waals surface area (Å²) in [7, 11) is 1.66. The molecule has 17 heavy (non-hydrogen) atoms.